The van der Waals surface area contributed by atoms with E-state index in [0.29, 0.717) is 6.04 Å². The molecule has 1 aliphatic rings. The van der Waals surface area contributed by atoms with Gasteiger partial charge in [0.2, 0.25) is 0 Å². The number of likely N-dealkylation sites (N-methyl/N-ethyl adjacent to an activating group) is 1. The molecule has 1 saturated carbocycles. The highest BCUT2D eigenvalue weighted by Crippen LogP contribution is 2.23. The molecule has 0 aliphatic heterocycles. The van der Waals surface area contributed by atoms with Crippen molar-refractivity contribution >= 4 is 5.96 Å². The molecule has 1 rings (SSSR count). The fourth-order valence-electron chi connectivity index (χ4n) is 2.52. The van der Waals surface area contributed by atoms with Crippen molar-refractivity contribution in [1.82, 2.24) is 15.5 Å². The number of hydrogen-bond acceptors (Lipinski definition) is 3. The summed E-state index contributed by atoms with van der Waals surface area (Å²) in [4.78, 5) is 6.57. The van der Waals surface area contributed by atoms with Gasteiger partial charge in [-0.2, -0.15) is 0 Å². The lowest BCUT2D eigenvalue weighted by molar-refractivity contribution is 0.162. The maximum Gasteiger partial charge on any atom is 0.191 e. The number of guanidine groups is 1. The molecule has 0 aromatic heterocycles. The molecule has 0 heterocycles. The Bertz CT molecular complexity index is 275. The van der Waals surface area contributed by atoms with Crippen molar-refractivity contribution in [2.45, 2.75) is 38.6 Å². The van der Waals surface area contributed by atoms with Gasteiger partial charge in [0.05, 0.1) is 6.61 Å². The Morgan fingerprint density at radius 2 is 1.95 bits per heavy atom. The van der Waals surface area contributed by atoms with Crippen molar-refractivity contribution in [2.24, 2.45) is 10.9 Å². The van der Waals surface area contributed by atoms with E-state index in [1.807, 2.05) is 7.05 Å². The molecule has 0 aromatic carbocycles. The number of rotatable bonds is 7. The summed E-state index contributed by atoms with van der Waals surface area (Å²) in [6.07, 6.45) is 5.17. The average Bonchev–Trinajstić information content (AvgIpc) is 2.46. The zero-order valence-corrected chi connectivity index (χ0v) is 13.6. The second kappa shape index (κ2) is 10.00. The highest BCUT2D eigenvalue weighted by molar-refractivity contribution is 5.79. The van der Waals surface area contributed by atoms with Crippen LogP contribution in [0.5, 0.6) is 0 Å². The van der Waals surface area contributed by atoms with E-state index < -0.39 is 0 Å². The lowest BCUT2D eigenvalue weighted by Crippen LogP contribution is -2.46. The number of hydrogen-bond donors (Lipinski definition) is 2. The van der Waals surface area contributed by atoms with E-state index in [2.05, 4.69) is 34.5 Å². The molecule has 0 radical (unpaired) electrons. The van der Waals surface area contributed by atoms with Crippen molar-refractivity contribution in [3.8, 4) is 0 Å². The minimum atomic E-state index is 0.587. The van der Waals surface area contributed by atoms with Crippen LogP contribution in [0.3, 0.4) is 0 Å². The topological polar surface area (TPSA) is 48.9 Å². The molecule has 5 heteroatoms. The second-order valence-electron chi connectivity index (χ2n) is 5.90. The Morgan fingerprint density at radius 1 is 1.25 bits per heavy atom. The quantitative estimate of drug-likeness (QED) is 0.547. The minimum absolute atomic E-state index is 0.587. The first-order valence-corrected chi connectivity index (χ1v) is 7.80. The highest BCUT2D eigenvalue weighted by Gasteiger charge is 2.18. The van der Waals surface area contributed by atoms with Crippen molar-refractivity contribution in [2.75, 3.05) is 47.4 Å². The molecule has 1 aliphatic carbocycles. The molecule has 20 heavy (non-hydrogen) atoms. The number of nitrogens with zero attached hydrogens (tertiary/aromatic N) is 2. The van der Waals surface area contributed by atoms with Crippen LogP contribution in [0.2, 0.25) is 0 Å². The molecule has 0 bridgehead atoms. The van der Waals surface area contributed by atoms with Crippen LogP contribution in [-0.2, 0) is 4.74 Å². The zero-order valence-electron chi connectivity index (χ0n) is 13.6. The third-order valence-corrected chi connectivity index (χ3v) is 4.04. The smallest absolute Gasteiger partial charge is 0.191 e. The van der Waals surface area contributed by atoms with Gasteiger partial charge in [-0.3, -0.25) is 4.99 Å². The fourth-order valence-corrected chi connectivity index (χ4v) is 2.52. The molecule has 1 fully saturated rings. The van der Waals surface area contributed by atoms with Gasteiger partial charge < -0.3 is 20.3 Å². The molecule has 118 valence electrons. The lowest BCUT2D eigenvalue weighted by atomic mass is 9.87. The maximum atomic E-state index is 5.07. The van der Waals surface area contributed by atoms with Crippen LogP contribution < -0.4 is 10.6 Å². The molecule has 5 nitrogen and oxygen atoms in total. The number of nitrogens with one attached hydrogen (secondary N) is 2. The number of aliphatic imine (C=N–C) groups is 1. The van der Waals surface area contributed by atoms with Crippen LogP contribution in [-0.4, -0.2) is 64.3 Å². The standard InChI is InChI=1S/C15H32N4O/c1-13-5-7-14(8-6-13)18-15(16-2)17-9-10-19(3)11-12-20-4/h13-14H,5-12H2,1-4H3,(H2,16,17,18). The van der Waals surface area contributed by atoms with Gasteiger partial charge in [0.1, 0.15) is 0 Å². The molecule has 0 atom stereocenters. The van der Waals surface area contributed by atoms with E-state index in [0.717, 1.165) is 38.1 Å². The molecular weight excluding hydrogens is 252 g/mol. The Kier molecular flexibility index (Phi) is 8.62. The second-order valence-corrected chi connectivity index (χ2v) is 5.90. The molecular formula is C15H32N4O. The monoisotopic (exact) mass is 284 g/mol. The van der Waals surface area contributed by atoms with E-state index >= 15 is 0 Å². The normalized spacial score (nSPS) is 23.9. The Labute approximate surface area is 124 Å². The van der Waals surface area contributed by atoms with E-state index in [1.54, 1.807) is 7.11 Å². The molecule has 0 amide bonds. The van der Waals surface area contributed by atoms with Crippen molar-refractivity contribution in [1.29, 1.82) is 0 Å². The van der Waals surface area contributed by atoms with E-state index in [-0.39, 0.29) is 0 Å². The summed E-state index contributed by atoms with van der Waals surface area (Å²) in [5.74, 6) is 1.82. The summed E-state index contributed by atoms with van der Waals surface area (Å²) in [5, 5.41) is 6.93. The molecule has 0 spiro atoms. The molecule has 0 saturated heterocycles. The SMILES string of the molecule is CN=C(NCCN(C)CCOC)NC1CCC(C)CC1. The van der Waals surface area contributed by atoms with Crippen LogP contribution in [0.1, 0.15) is 32.6 Å². The van der Waals surface area contributed by atoms with E-state index in [4.69, 9.17) is 4.74 Å². The highest BCUT2D eigenvalue weighted by atomic mass is 16.5. The van der Waals surface area contributed by atoms with Crippen LogP contribution in [0.4, 0.5) is 0 Å². The van der Waals surface area contributed by atoms with E-state index in [9.17, 15) is 0 Å². The van der Waals surface area contributed by atoms with E-state index in [1.165, 1.54) is 25.7 Å². The van der Waals surface area contributed by atoms with Crippen molar-refractivity contribution in [3.05, 3.63) is 0 Å². The zero-order chi connectivity index (χ0) is 14.8. The summed E-state index contributed by atoms with van der Waals surface area (Å²) in [7, 11) is 5.69. The maximum absolute atomic E-state index is 5.07. The van der Waals surface area contributed by atoms with Gasteiger partial charge in [0.25, 0.3) is 0 Å². The van der Waals surface area contributed by atoms with Crippen LogP contribution in [0.15, 0.2) is 4.99 Å². The summed E-state index contributed by atoms with van der Waals surface area (Å²) in [6.45, 7) is 5.99. The molecule has 2 N–H and O–H groups in total. The lowest BCUT2D eigenvalue weighted by Gasteiger charge is -2.28. The van der Waals surface area contributed by atoms with Crippen LogP contribution in [0, 0.1) is 5.92 Å². The largest absolute Gasteiger partial charge is 0.383 e. The Hall–Kier alpha value is -0.810. The Morgan fingerprint density at radius 3 is 2.55 bits per heavy atom. The van der Waals surface area contributed by atoms with Gasteiger partial charge in [-0.15, -0.1) is 0 Å². The van der Waals surface area contributed by atoms with Gasteiger partial charge in [-0.25, -0.2) is 0 Å². The first-order valence-electron chi connectivity index (χ1n) is 7.80. The van der Waals surface area contributed by atoms with Gasteiger partial charge in [-0.1, -0.05) is 6.92 Å². The molecule has 0 aromatic rings. The molecule has 0 unspecified atom stereocenters. The van der Waals surface area contributed by atoms with Crippen LogP contribution >= 0.6 is 0 Å². The summed E-state index contributed by atoms with van der Waals surface area (Å²) in [5.41, 5.74) is 0. The number of ether oxygens (including phenoxy) is 1. The van der Waals surface area contributed by atoms with Crippen molar-refractivity contribution < 1.29 is 4.74 Å². The summed E-state index contributed by atoms with van der Waals surface area (Å²) in [6, 6.07) is 0.587. The minimum Gasteiger partial charge on any atom is -0.383 e. The third kappa shape index (κ3) is 7.10. The third-order valence-electron chi connectivity index (χ3n) is 4.04. The number of methoxy groups -OCH3 is 1. The predicted molar refractivity (Wildman–Crippen MR) is 85.3 cm³/mol. The fraction of sp³-hybridized carbons (Fsp3) is 0.933. The first kappa shape index (κ1) is 17.2. The van der Waals surface area contributed by atoms with Crippen LogP contribution in [0.25, 0.3) is 0 Å². The summed E-state index contributed by atoms with van der Waals surface area (Å²) >= 11 is 0. The summed E-state index contributed by atoms with van der Waals surface area (Å²) < 4.78 is 5.07. The van der Waals surface area contributed by atoms with Crippen molar-refractivity contribution in [3.63, 3.8) is 0 Å². The predicted octanol–water partition coefficient (Wildman–Crippen LogP) is 1.31. The van der Waals surface area contributed by atoms with Gasteiger partial charge >= 0.3 is 0 Å². The Balaban J connectivity index is 2.16. The van der Waals surface area contributed by atoms with Gasteiger partial charge in [-0.05, 0) is 38.6 Å². The average molecular weight is 284 g/mol. The first-order chi connectivity index (χ1) is 9.65. The van der Waals surface area contributed by atoms with Gasteiger partial charge in [0, 0.05) is 39.8 Å². The van der Waals surface area contributed by atoms with Gasteiger partial charge in [0.15, 0.2) is 5.96 Å².